The van der Waals surface area contributed by atoms with Gasteiger partial charge in [-0.25, -0.2) is 14.8 Å². The summed E-state index contributed by atoms with van der Waals surface area (Å²) in [6.07, 6.45) is 0.745. The molecule has 9 heteroatoms. The molecule has 2 aromatic rings. The second-order valence-corrected chi connectivity index (χ2v) is 5.33. The topological polar surface area (TPSA) is 118 Å². The van der Waals surface area contributed by atoms with E-state index in [1.54, 1.807) is 0 Å². The minimum atomic E-state index is -1.25. The minimum absolute atomic E-state index is 0.128. The van der Waals surface area contributed by atoms with Crippen molar-refractivity contribution in [2.45, 2.75) is 20.3 Å². The van der Waals surface area contributed by atoms with Crippen molar-refractivity contribution < 1.29 is 14.8 Å². The second-order valence-electron chi connectivity index (χ2n) is 4.13. The number of anilines is 2. The number of rotatable bonds is 5. The van der Waals surface area contributed by atoms with Gasteiger partial charge in [-0.05, 0) is 19.4 Å². The minimum Gasteiger partial charge on any atom is -0.477 e. The molecule has 0 saturated carbocycles. The van der Waals surface area contributed by atoms with Gasteiger partial charge in [0, 0.05) is 10.9 Å². The highest BCUT2D eigenvalue weighted by Crippen LogP contribution is 2.29. The number of hydrogen-bond donors (Lipinski definition) is 2. The van der Waals surface area contributed by atoms with Gasteiger partial charge < -0.3 is 10.4 Å². The first-order chi connectivity index (χ1) is 9.92. The first-order valence-corrected chi connectivity index (χ1v) is 6.86. The number of thiazole rings is 1. The van der Waals surface area contributed by atoms with Gasteiger partial charge in [-0.15, -0.1) is 11.3 Å². The molecule has 0 spiro atoms. The van der Waals surface area contributed by atoms with Gasteiger partial charge in [-0.3, -0.25) is 10.1 Å². The zero-order valence-electron chi connectivity index (χ0n) is 11.3. The van der Waals surface area contributed by atoms with Crippen molar-refractivity contribution >= 4 is 33.9 Å². The van der Waals surface area contributed by atoms with E-state index in [0.29, 0.717) is 5.13 Å². The van der Waals surface area contributed by atoms with Gasteiger partial charge in [-0.2, -0.15) is 0 Å². The Morgan fingerprint density at radius 2 is 2.19 bits per heavy atom. The largest absolute Gasteiger partial charge is 0.477 e. The van der Waals surface area contributed by atoms with Crippen LogP contribution in [0.15, 0.2) is 12.1 Å². The van der Waals surface area contributed by atoms with E-state index in [-0.39, 0.29) is 17.2 Å². The van der Waals surface area contributed by atoms with Crippen LogP contribution in [-0.4, -0.2) is 26.0 Å². The normalized spacial score (nSPS) is 10.4. The third-order valence-corrected chi connectivity index (χ3v) is 3.67. The lowest BCUT2D eigenvalue weighted by Crippen LogP contribution is -2.05. The van der Waals surface area contributed by atoms with Crippen LogP contribution in [-0.2, 0) is 6.42 Å². The molecular weight excluding hydrogens is 296 g/mol. The number of carbonyl (C=O) groups is 1. The van der Waals surface area contributed by atoms with E-state index in [0.717, 1.165) is 29.1 Å². The summed E-state index contributed by atoms with van der Waals surface area (Å²) in [5, 5.41) is 23.1. The maximum absolute atomic E-state index is 11.0. The summed E-state index contributed by atoms with van der Waals surface area (Å²) in [6, 6.07) is 2.20. The van der Waals surface area contributed by atoms with Crippen molar-refractivity contribution in [3.8, 4) is 0 Å². The Bertz CT molecular complexity index is 713. The first kappa shape index (κ1) is 14.9. The summed E-state index contributed by atoms with van der Waals surface area (Å²) in [5.74, 6) is -1.38. The van der Waals surface area contributed by atoms with E-state index >= 15 is 0 Å². The first-order valence-electron chi connectivity index (χ1n) is 6.04. The van der Waals surface area contributed by atoms with Crippen LogP contribution in [0.5, 0.6) is 0 Å². The zero-order chi connectivity index (χ0) is 15.6. The molecular formula is C12H12N4O4S. The predicted octanol–water partition coefficient (Wildman–Crippen LogP) is 2.76. The molecule has 2 N–H and O–H groups in total. The van der Waals surface area contributed by atoms with Crippen molar-refractivity contribution in [3.05, 3.63) is 38.5 Å². The molecule has 0 aromatic carbocycles. The van der Waals surface area contributed by atoms with Crippen LogP contribution in [0.4, 0.5) is 16.6 Å². The lowest BCUT2D eigenvalue weighted by molar-refractivity contribution is -0.384. The highest BCUT2D eigenvalue weighted by molar-refractivity contribution is 7.15. The Morgan fingerprint density at radius 1 is 1.48 bits per heavy atom. The van der Waals surface area contributed by atoms with E-state index in [1.165, 1.54) is 11.3 Å². The van der Waals surface area contributed by atoms with E-state index in [4.69, 9.17) is 5.11 Å². The molecule has 0 aliphatic heterocycles. The van der Waals surface area contributed by atoms with E-state index < -0.39 is 10.9 Å². The highest BCUT2D eigenvalue weighted by Gasteiger charge is 2.20. The van der Waals surface area contributed by atoms with Crippen molar-refractivity contribution in [1.29, 1.82) is 0 Å². The Balaban J connectivity index is 2.42. The van der Waals surface area contributed by atoms with Gasteiger partial charge in [0.2, 0.25) is 5.82 Å². The number of aryl methyl sites for hydroxylation is 2. The highest BCUT2D eigenvalue weighted by atomic mass is 32.1. The number of carboxylic acid groups (broad SMARTS) is 1. The summed E-state index contributed by atoms with van der Waals surface area (Å²) < 4.78 is 0. The smallest absolute Gasteiger partial charge is 0.354 e. The monoisotopic (exact) mass is 308 g/mol. The lowest BCUT2D eigenvalue weighted by atomic mass is 10.3. The van der Waals surface area contributed by atoms with Crippen molar-refractivity contribution in [3.63, 3.8) is 0 Å². The number of nitrogens with one attached hydrogen (secondary N) is 1. The molecule has 2 rings (SSSR count). The molecule has 0 saturated heterocycles. The number of nitro groups is 1. The maximum atomic E-state index is 11.0. The van der Waals surface area contributed by atoms with Gasteiger partial charge in [-0.1, -0.05) is 6.92 Å². The number of pyridine rings is 1. The van der Waals surface area contributed by atoms with Crippen molar-refractivity contribution in [1.82, 2.24) is 9.97 Å². The Morgan fingerprint density at radius 3 is 2.71 bits per heavy atom. The summed E-state index contributed by atoms with van der Waals surface area (Å²) in [4.78, 5) is 30.3. The van der Waals surface area contributed by atoms with Gasteiger partial charge in [0.1, 0.15) is 0 Å². The number of nitrogens with zero attached hydrogens (tertiary/aromatic N) is 3. The Kier molecular flexibility index (Phi) is 4.13. The summed E-state index contributed by atoms with van der Waals surface area (Å²) in [7, 11) is 0. The molecule has 21 heavy (non-hydrogen) atoms. The molecule has 0 amide bonds. The summed E-state index contributed by atoms with van der Waals surface area (Å²) >= 11 is 1.34. The quantitative estimate of drug-likeness (QED) is 0.644. The molecule has 0 aliphatic rings. The summed E-state index contributed by atoms with van der Waals surface area (Å²) in [5.41, 5.74) is 0.317. The molecule has 0 fully saturated rings. The standard InChI is InChI=1S/C12H12N4O4S/c1-3-7-6(2)21-12(14-7)15-10-9(16(19)20)5-4-8(13-10)11(17)18/h4-5H,3H2,1-2H3,(H,17,18)(H,13,14,15). The third-order valence-electron chi connectivity index (χ3n) is 2.74. The van der Waals surface area contributed by atoms with Crippen LogP contribution in [0.2, 0.25) is 0 Å². The molecule has 2 heterocycles. The molecule has 2 aromatic heterocycles. The molecule has 8 nitrogen and oxygen atoms in total. The van der Waals surface area contributed by atoms with Crippen LogP contribution in [0.25, 0.3) is 0 Å². The van der Waals surface area contributed by atoms with Crippen LogP contribution < -0.4 is 5.32 Å². The third kappa shape index (κ3) is 3.14. The number of aromatic nitrogens is 2. The average Bonchev–Trinajstić information content (AvgIpc) is 2.78. The number of aromatic carboxylic acids is 1. The van der Waals surface area contributed by atoms with Gasteiger partial charge in [0.25, 0.3) is 0 Å². The van der Waals surface area contributed by atoms with Crippen molar-refractivity contribution in [2.24, 2.45) is 0 Å². The van der Waals surface area contributed by atoms with Gasteiger partial charge in [0.15, 0.2) is 10.8 Å². The van der Waals surface area contributed by atoms with E-state index in [9.17, 15) is 14.9 Å². The van der Waals surface area contributed by atoms with Crippen LogP contribution in [0.1, 0.15) is 28.0 Å². The zero-order valence-corrected chi connectivity index (χ0v) is 12.1. The number of hydrogen-bond acceptors (Lipinski definition) is 7. The summed E-state index contributed by atoms with van der Waals surface area (Å²) in [6.45, 7) is 3.86. The SMILES string of the molecule is CCc1nc(Nc2nc(C(=O)O)ccc2[N+](=O)[O-])sc1C. The molecule has 0 radical (unpaired) electrons. The molecule has 0 unspecified atom stereocenters. The average molecular weight is 308 g/mol. The van der Waals surface area contributed by atoms with Gasteiger partial charge in [0.05, 0.1) is 10.6 Å². The lowest BCUT2D eigenvalue weighted by Gasteiger charge is -2.04. The molecule has 0 bridgehead atoms. The number of carboxylic acids is 1. The van der Waals surface area contributed by atoms with Crippen molar-refractivity contribution in [2.75, 3.05) is 5.32 Å². The Labute approximate surface area is 123 Å². The van der Waals surface area contributed by atoms with Crippen LogP contribution >= 0.6 is 11.3 Å². The molecule has 0 atom stereocenters. The second kappa shape index (κ2) is 5.83. The Hall–Kier alpha value is -2.55. The van der Waals surface area contributed by atoms with E-state index in [2.05, 4.69) is 15.3 Å². The van der Waals surface area contributed by atoms with Crippen LogP contribution in [0, 0.1) is 17.0 Å². The van der Waals surface area contributed by atoms with E-state index in [1.807, 2.05) is 13.8 Å². The van der Waals surface area contributed by atoms with Crippen LogP contribution in [0.3, 0.4) is 0 Å². The molecule has 110 valence electrons. The fourth-order valence-corrected chi connectivity index (χ4v) is 2.62. The predicted molar refractivity (Wildman–Crippen MR) is 77.4 cm³/mol. The fraction of sp³-hybridized carbons (Fsp3) is 0.250. The fourth-order valence-electron chi connectivity index (χ4n) is 1.72. The van der Waals surface area contributed by atoms with Gasteiger partial charge >= 0.3 is 11.7 Å². The molecule has 0 aliphatic carbocycles. The maximum Gasteiger partial charge on any atom is 0.354 e.